The van der Waals surface area contributed by atoms with Crippen molar-refractivity contribution in [3.05, 3.63) is 23.8 Å². The summed E-state index contributed by atoms with van der Waals surface area (Å²) in [5.41, 5.74) is 3.25. The fraction of sp³-hybridized carbons (Fsp3) is 0.364. The molecule has 1 aromatic carbocycles. The number of nitrogens with one attached hydrogen (secondary N) is 1. The van der Waals surface area contributed by atoms with Gasteiger partial charge in [0.15, 0.2) is 11.5 Å². The Labute approximate surface area is 89.3 Å². The summed E-state index contributed by atoms with van der Waals surface area (Å²) < 4.78 is 0. The van der Waals surface area contributed by atoms with E-state index >= 15 is 0 Å². The number of aromatic hydroxyl groups is 2. The van der Waals surface area contributed by atoms with E-state index in [0.29, 0.717) is 5.56 Å². The van der Waals surface area contributed by atoms with Crippen LogP contribution in [-0.2, 0) is 0 Å². The average Bonchev–Trinajstić information content (AvgIpc) is 2.10. The summed E-state index contributed by atoms with van der Waals surface area (Å²) >= 11 is 0. The van der Waals surface area contributed by atoms with Crippen LogP contribution in [0.5, 0.6) is 11.5 Å². The molecule has 0 fully saturated rings. The van der Waals surface area contributed by atoms with E-state index in [1.54, 1.807) is 12.1 Å². The van der Waals surface area contributed by atoms with Gasteiger partial charge in [0, 0.05) is 11.1 Å². The summed E-state index contributed by atoms with van der Waals surface area (Å²) in [7, 11) is 0. The van der Waals surface area contributed by atoms with Crippen LogP contribution in [0.15, 0.2) is 23.3 Å². The number of rotatable bonds is 2. The quantitative estimate of drug-likeness (QED) is 0.394. The van der Waals surface area contributed by atoms with Gasteiger partial charge in [-0.2, -0.15) is 5.10 Å². The van der Waals surface area contributed by atoms with Crippen LogP contribution in [0.1, 0.15) is 26.3 Å². The van der Waals surface area contributed by atoms with E-state index in [1.165, 1.54) is 12.3 Å². The van der Waals surface area contributed by atoms with E-state index in [4.69, 9.17) is 0 Å². The maximum absolute atomic E-state index is 9.46. The molecule has 1 aromatic rings. The van der Waals surface area contributed by atoms with Crippen LogP contribution in [0, 0.1) is 0 Å². The topological polar surface area (TPSA) is 64.9 Å². The van der Waals surface area contributed by atoms with Gasteiger partial charge in [-0.05, 0) is 32.9 Å². The highest BCUT2D eigenvalue weighted by atomic mass is 16.3. The van der Waals surface area contributed by atoms with E-state index in [9.17, 15) is 10.2 Å². The molecule has 0 aliphatic carbocycles. The lowest BCUT2D eigenvalue weighted by Crippen LogP contribution is -2.31. The molecule has 0 unspecified atom stereocenters. The Morgan fingerprint density at radius 3 is 2.53 bits per heavy atom. The molecule has 3 N–H and O–H groups in total. The van der Waals surface area contributed by atoms with Crippen LogP contribution in [0.4, 0.5) is 0 Å². The first-order chi connectivity index (χ1) is 6.90. The molecule has 0 saturated heterocycles. The third-order valence-corrected chi connectivity index (χ3v) is 1.65. The fourth-order valence-electron chi connectivity index (χ4n) is 0.948. The predicted molar refractivity (Wildman–Crippen MR) is 60.3 cm³/mol. The minimum absolute atomic E-state index is 0.122. The van der Waals surface area contributed by atoms with Gasteiger partial charge in [-0.1, -0.05) is 6.07 Å². The van der Waals surface area contributed by atoms with Crippen molar-refractivity contribution in [1.29, 1.82) is 0 Å². The lowest BCUT2D eigenvalue weighted by Gasteiger charge is -2.17. The number of hydrogen-bond acceptors (Lipinski definition) is 4. The first kappa shape index (κ1) is 11.4. The SMILES string of the molecule is CC(C)(C)NN=Cc1cccc(O)c1O. The van der Waals surface area contributed by atoms with Crippen molar-refractivity contribution in [3.63, 3.8) is 0 Å². The Bertz CT molecular complexity index is 367. The molecule has 1 rings (SSSR count). The number of para-hydroxylation sites is 1. The van der Waals surface area contributed by atoms with Gasteiger partial charge < -0.3 is 15.6 Å². The van der Waals surface area contributed by atoms with Gasteiger partial charge in [-0.25, -0.2) is 0 Å². The van der Waals surface area contributed by atoms with Crippen molar-refractivity contribution in [2.24, 2.45) is 5.10 Å². The van der Waals surface area contributed by atoms with Crippen LogP contribution in [-0.4, -0.2) is 22.0 Å². The summed E-state index contributed by atoms with van der Waals surface area (Å²) in [6, 6.07) is 4.74. The number of nitrogens with zero attached hydrogens (tertiary/aromatic N) is 1. The third kappa shape index (κ3) is 3.50. The zero-order valence-electron chi connectivity index (χ0n) is 9.15. The first-order valence-electron chi connectivity index (χ1n) is 4.71. The van der Waals surface area contributed by atoms with Gasteiger partial charge in [0.25, 0.3) is 0 Å². The molecular formula is C11H16N2O2. The number of benzene rings is 1. The zero-order valence-corrected chi connectivity index (χ0v) is 9.15. The molecule has 0 aliphatic heterocycles. The summed E-state index contributed by atoms with van der Waals surface area (Å²) in [4.78, 5) is 0. The summed E-state index contributed by atoms with van der Waals surface area (Å²) in [5.74, 6) is -0.299. The van der Waals surface area contributed by atoms with Crippen molar-refractivity contribution in [1.82, 2.24) is 5.43 Å². The predicted octanol–water partition coefficient (Wildman–Crippen LogP) is 1.82. The molecule has 0 atom stereocenters. The lowest BCUT2D eigenvalue weighted by atomic mass is 10.1. The maximum atomic E-state index is 9.46. The molecular weight excluding hydrogens is 192 g/mol. The standard InChI is InChI=1S/C11H16N2O2/c1-11(2,3)13-12-7-8-5-4-6-9(14)10(8)15/h4-7,13-15H,1-3H3. The molecule has 15 heavy (non-hydrogen) atoms. The smallest absolute Gasteiger partial charge is 0.166 e. The Hall–Kier alpha value is -1.71. The number of hydrazone groups is 1. The van der Waals surface area contributed by atoms with E-state index < -0.39 is 0 Å². The zero-order chi connectivity index (χ0) is 11.5. The minimum atomic E-state index is -0.156. The molecule has 0 aliphatic rings. The van der Waals surface area contributed by atoms with Crippen molar-refractivity contribution in [2.45, 2.75) is 26.3 Å². The Morgan fingerprint density at radius 1 is 1.27 bits per heavy atom. The second-order valence-electron chi connectivity index (χ2n) is 4.33. The molecule has 0 amide bonds. The van der Waals surface area contributed by atoms with Crippen LogP contribution < -0.4 is 5.43 Å². The maximum Gasteiger partial charge on any atom is 0.166 e. The highest BCUT2D eigenvalue weighted by Gasteiger charge is 2.07. The molecule has 0 saturated carbocycles. The van der Waals surface area contributed by atoms with E-state index in [0.717, 1.165) is 0 Å². The van der Waals surface area contributed by atoms with Crippen LogP contribution in [0.25, 0.3) is 0 Å². The second-order valence-corrected chi connectivity index (χ2v) is 4.33. The number of hydrogen-bond donors (Lipinski definition) is 3. The molecule has 82 valence electrons. The molecule has 0 aromatic heterocycles. The van der Waals surface area contributed by atoms with E-state index in [1.807, 2.05) is 20.8 Å². The van der Waals surface area contributed by atoms with Gasteiger partial charge in [-0.3, -0.25) is 0 Å². The van der Waals surface area contributed by atoms with Crippen molar-refractivity contribution in [3.8, 4) is 11.5 Å². The number of phenolic OH excluding ortho intramolecular Hbond substituents is 2. The van der Waals surface area contributed by atoms with Crippen molar-refractivity contribution in [2.75, 3.05) is 0 Å². The van der Waals surface area contributed by atoms with Gasteiger partial charge in [0.05, 0.1) is 6.21 Å². The second kappa shape index (κ2) is 4.21. The summed E-state index contributed by atoms with van der Waals surface area (Å²) in [6.07, 6.45) is 1.47. The molecule has 0 heterocycles. The lowest BCUT2D eigenvalue weighted by molar-refractivity contribution is 0.403. The van der Waals surface area contributed by atoms with Crippen molar-refractivity contribution < 1.29 is 10.2 Å². The molecule has 4 heteroatoms. The van der Waals surface area contributed by atoms with Crippen molar-refractivity contribution >= 4 is 6.21 Å². The Morgan fingerprint density at radius 2 is 1.93 bits per heavy atom. The number of phenols is 2. The molecule has 4 nitrogen and oxygen atoms in total. The van der Waals surface area contributed by atoms with Crippen LogP contribution in [0.2, 0.25) is 0 Å². The van der Waals surface area contributed by atoms with Gasteiger partial charge in [-0.15, -0.1) is 0 Å². The highest BCUT2D eigenvalue weighted by Crippen LogP contribution is 2.26. The molecule has 0 radical (unpaired) electrons. The first-order valence-corrected chi connectivity index (χ1v) is 4.71. The minimum Gasteiger partial charge on any atom is -0.504 e. The Balaban J connectivity index is 2.77. The van der Waals surface area contributed by atoms with Gasteiger partial charge in [0.2, 0.25) is 0 Å². The molecule has 0 bridgehead atoms. The normalized spacial score (nSPS) is 11.9. The summed E-state index contributed by atoms with van der Waals surface area (Å²) in [5, 5.41) is 22.7. The average molecular weight is 208 g/mol. The monoisotopic (exact) mass is 208 g/mol. The largest absolute Gasteiger partial charge is 0.504 e. The summed E-state index contributed by atoms with van der Waals surface area (Å²) in [6.45, 7) is 5.94. The van der Waals surface area contributed by atoms with Crippen LogP contribution in [0.3, 0.4) is 0 Å². The van der Waals surface area contributed by atoms with Gasteiger partial charge in [0.1, 0.15) is 0 Å². The van der Waals surface area contributed by atoms with E-state index in [-0.39, 0.29) is 17.0 Å². The van der Waals surface area contributed by atoms with E-state index in [2.05, 4.69) is 10.5 Å². The molecule has 0 spiro atoms. The van der Waals surface area contributed by atoms with Crippen LogP contribution >= 0.6 is 0 Å². The third-order valence-electron chi connectivity index (χ3n) is 1.65. The Kier molecular flexibility index (Phi) is 3.19. The fourth-order valence-corrected chi connectivity index (χ4v) is 0.948. The van der Waals surface area contributed by atoms with Gasteiger partial charge >= 0.3 is 0 Å². The highest BCUT2D eigenvalue weighted by molar-refractivity contribution is 5.84.